The average molecular weight is 310 g/mol. The molecule has 0 fully saturated rings. The summed E-state index contributed by atoms with van der Waals surface area (Å²) in [5.74, 6) is 0.0887. The number of aryl methyl sites for hydroxylation is 1. The van der Waals surface area contributed by atoms with E-state index in [1.807, 2.05) is 0 Å². The van der Waals surface area contributed by atoms with Crippen LogP contribution in [-0.2, 0) is 0 Å². The highest BCUT2D eigenvalue weighted by Crippen LogP contribution is 2.18. The lowest BCUT2D eigenvalue weighted by Gasteiger charge is -2.11. The molecule has 0 amide bonds. The molecule has 23 heavy (non-hydrogen) atoms. The molecule has 6 nitrogen and oxygen atoms in total. The Balaban J connectivity index is 2.24. The molecule has 0 bridgehead atoms. The Bertz CT molecular complexity index is 959. The Labute approximate surface area is 131 Å². The fourth-order valence-corrected chi connectivity index (χ4v) is 2.46. The summed E-state index contributed by atoms with van der Waals surface area (Å²) in [5.41, 5.74) is 1.09. The van der Waals surface area contributed by atoms with Gasteiger partial charge < -0.3 is 9.84 Å². The number of aromatic carboxylic acids is 1. The molecule has 3 aromatic rings. The third-order valence-corrected chi connectivity index (χ3v) is 3.62. The Morgan fingerprint density at radius 3 is 2.48 bits per heavy atom. The Hall–Kier alpha value is -3.15. The van der Waals surface area contributed by atoms with Crippen molar-refractivity contribution in [3.8, 4) is 11.4 Å². The van der Waals surface area contributed by atoms with E-state index in [0.717, 1.165) is 0 Å². The minimum absolute atomic E-state index is 0.162. The van der Waals surface area contributed by atoms with Crippen molar-refractivity contribution in [1.82, 2.24) is 9.55 Å². The van der Waals surface area contributed by atoms with Crippen LogP contribution in [0.1, 0.15) is 16.2 Å². The van der Waals surface area contributed by atoms with E-state index in [0.29, 0.717) is 28.2 Å². The lowest BCUT2D eigenvalue weighted by molar-refractivity contribution is 0.0697. The molecule has 0 aliphatic heterocycles. The van der Waals surface area contributed by atoms with Gasteiger partial charge in [-0.2, -0.15) is 0 Å². The van der Waals surface area contributed by atoms with Gasteiger partial charge in [-0.1, -0.05) is 0 Å². The Morgan fingerprint density at radius 2 is 1.87 bits per heavy atom. The number of fused-ring (bicyclic) bond motifs is 1. The van der Waals surface area contributed by atoms with Crippen LogP contribution in [0.25, 0.3) is 16.6 Å². The number of carboxylic acids is 1. The lowest BCUT2D eigenvalue weighted by atomic mass is 10.2. The highest BCUT2D eigenvalue weighted by atomic mass is 16.5. The Morgan fingerprint density at radius 1 is 1.17 bits per heavy atom. The molecule has 0 unspecified atom stereocenters. The second-order valence-electron chi connectivity index (χ2n) is 5.03. The summed E-state index contributed by atoms with van der Waals surface area (Å²) in [7, 11) is 1.53. The third-order valence-electron chi connectivity index (χ3n) is 3.62. The van der Waals surface area contributed by atoms with Crippen LogP contribution in [0, 0.1) is 6.92 Å². The van der Waals surface area contributed by atoms with Crippen LogP contribution in [0.2, 0.25) is 0 Å². The fraction of sp³-hybridized carbons (Fsp3) is 0.118. The molecular weight excluding hydrogens is 296 g/mol. The molecule has 0 radical (unpaired) electrons. The van der Waals surface area contributed by atoms with Gasteiger partial charge in [0, 0.05) is 0 Å². The summed E-state index contributed by atoms with van der Waals surface area (Å²) >= 11 is 0. The molecule has 1 N–H and O–H groups in total. The van der Waals surface area contributed by atoms with Crippen LogP contribution < -0.4 is 10.3 Å². The molecule has 0 saturated heterocycles. The molecule has 6 heteroatoms. The monoisotopic (exact) mass is 310 g/mol. The standard InChI is InChI=1S/C17H14N2O4/c1-10-18-15-8-7-13(23-2)9-14(15)16(20)19(10)12-5-3-11(4-6-12)17(21)22/h3-9H,1-2H3,(H,21,22). The second-order valence-corrected chi connectivity index (χ2v) is 5.03. The van der Waals surface area contributed by atoms with E-state index in [4.69, 9.17) is 9.84 Å². The van der Waals surface area contributed by atoms with Crippen molar-refractivity contribution in [2.45, 2.75) is 6.92 Å². The smallest absolute Gasteiger partial charge is 0.335 e. The first-order valence-electron chi connectivity index (χ1n) is 6.92. The number of hydrogen-bond acceptors (Lipinski definition) is 4. The van der Waals surface area contributed by atoms with Gasteiger partial charge in [-0.25, -0.2) is 9.78 Å². The Kier molecular flexibility index (Phi) is 3.57. The van der Waals surface area contributed by atoms with Crippen LogP contribution in [-0.4, -0.2) is 27.7 Å². The highest BCUT2D eigenvalue weighted by Gasteiger charge is 2.11. The van der Waals surface area contributed by atoms with E-state index in [2.05, 4.69) is 4.98 Å². The molecule has 0 saturated carbocycles. The van der Waals surface area contributed by atoms with E-state index in [1.54, 1.807) is 37.3 Å². The van der Waals surface area contributed by atoms with E-state index >= 15 is 0 Å². The summed E-state index contributed by atoms with van der Waals surface area (Å²) in [6.45, 7) is 1.73. The maximum atomic E-state index is 12.8. The quantitative estimate of drug-likeness (QED) is 0.803. The molecule has 0 atom stereocenters. The molecule has 0 aliphatic carbocycles. The van der Waals surface area contributed by atoms with Gasteiger partial charge in [-0.05, 0) is 49.4 Å². The summed E-state index contributed by atoms with van der Waals surface area (Å²) in [6.07, 6.45) is 0. The molecule has 2 aromatic carbocycles. The number of carboxylic acid groups (broad SMARTS) is 1. The predicted octanol–water partition coefficient (Wildman–Crippen LogP) is 2.40. The summed E-state index contributed by atoms with van der Waals surface area (Å²) in [6, 6.07) is 11.2. The molecule has 3 rings (SSSR count). The molecule has 1 heterocycles. The van der Waals surface area contributed by atoms with Crippen molar-refractivity contribution in [1.29, 1.82) is 0 Å². The predicted molar refractivity (Wildman–Crippen MR) is 85.6 cm³/mol. The highest BCUT2D eigenvalue weighted by molar-refractivity contribution is 5.87. The van der Waals surface area contributed by atoms with Gasteiger partial charge in [0.25, 0.3) is 5.56 Å². The fourth-order valence-electron chi connectivity index (χ4n) is 2.46. The number of nitrogens with zero attached hydrogens (tertiary/aromatic N) is 2. The van der Waals surface area contributed by atoms with Gasteiger partial charge in [-0.3, -0.25) is 9.36 Å². The summed E-state index contributed by atoms with van der Waals surface area (Å²) in [5, 5.41) is 9.40. The topological polar surface area (TPSA) is 81.4 Å². The molecule has 0 spiro atoms. The van der Waals surface area contributed by atoms with Gasteiger partial charge in [0.15, 0.2) is 0 Å². The van der Waals surface area contributed by atoms with Crippen LogP contribution in [0.5, 0.6) is 5.75 Å². The minimum Gasteiger partial charge on any atom is -0.497 e. The lowest BCUT2D eigenvalue weighted by Crippen LogP contribution is -2.22. The number of hydrogen-bond donors (Lipinski definition) is 1. The van der Waals surface area contributed by atoms with Crippen LogP contribution >= 0.6 is 0 Å². The van der Waals surface area contributed by atoms with Gasteiger partial charge in [0.05, 0.1) is 29.3 Å². The normalized spacial score (nSPS) is 10.7. The number of carbonyl (C=O) groups is 1. The van der Waals surface area contributed by atoms with Crippen LogP contribution in [0.3, 0.4) is 0 Å². The van der Waals surface area contributed by atoms with Crippen molar-refractivity contribution in [3.63, 3.8) is 0 Å². The van der Waals surface area contributed by atoms with Gasteiger partial charge in [-0.15, -0.1) is 0 Å². The van der Waals surface area contributed by atoms with E-state index < -0.39 is 5.97 Å². The number of ether oxygens (including phenoxy) is 1. The summed E-state index contributed by atoms with van der Waals surface area (Å²) in [4.78, 5) is 28.2. The molecular formula is C17H14N2O4. The van der Waals surface area contributed by atoms with Crippen molar-refractivity contribution < 1.29 is 14.6 Å². The minimum atomic E-state index is -1.01. The first-order chi connectivity index (χ1) is 11.0. The third kappa shape index (κ3) is 2.55. The maximum Gasteiger partial charge on any atom is 0.335 e. The van der Waals surface area contributed by atoms with E-state index in [-0.39, 0.29) is 11.1 Å². The largest absolute Gasteiger partial charge is 0.497 e. The first kappa shape index (κ1) is 14.8. The number of methoxy groups -OCH3 is 1. The number of rotatable bonds is 3. The SMILES string of the molecule is COc1ccc2nc(C)n(-c3ccc(C(=O)O)cc3)c(=O)c2c1. The number of benzene rings is 2. The zero-order valence-electron chi connectivity index (χ0n) is 12.6. The molecule has 1 aromatic heterocycles. The van der Waals surface area contributed by atoms with Crippen molar-refractivity contribution in [2.24, 2.45) is 0 Å². The van der Waals surface area contributed by atoms with Crippen molar-refractivity contribution in [2.75, 3.05) is 7.11 Å². The summed E-state index contributed by atoms with van der Waals surface area (Å²) < 4.78 is 6.61. The molecule has 116 valence electrons. The molecule has 0 aliphatic rings. The average Bonchev–Trinajstić information content (AvgIpc) is 2.55. The van der Waals surface area contributed by atoms with E-state index in [9.17, 15) is 9.59 Å². The van der Waals surface area contributed by atoms with Gasteiger partial charge in [0.2, 0.25) is 0 Å². The van der Waals surface area contributed by atoms with E-state index in [1.165, 1.54) is 23.8 Å². The van der Waals surface area contributed by atoms with Crippen molar-refractivity contribution in [3.05, 3.63) is 64.2 Å². The van der Waals surface area contributed by atoms with Crippen molar-refractivity contribution >= 4 is 16.9 Å². The van der Waals surface area contributed by atoms with Gasteiger partial charge in [0.1, 0.15) is 11.6 Å². The number of aromatic nitrogens is 2. The van der Waals surface area contributed by atoms with Crippen LogP contribution in [0.4, 0.5) is 0 Å². The van der Waals surface area contributed by atoms with Crippen LogP contribution in [0.15, 0.2) is 47.3 Å². The zero-order chi connectivity index (χ0) is 16.6. The first-order valence-corrected chi connectivity index (χ1v) is 6.92. The maximum absolute atomic E-state index is 12.8. The van der Waals surface area contributed by atoms with Gasteiger partial charge >= 0.3 is 5.97 Å². The second kappa shape index (κ2) is 5.57. The zero-order valence-corrected chi connectivity index (χ0v) is 12.6.